The average Bonchev–Trinajstić information content (AvgIpc) is 2.89. The van der Waals surface area contributed by atoms with E-state index < -0.39 is 15.2 Å². The molecule has 1 aromatic heterocycles. The predicted octanol–water partition coefficient (Wildman–Crippen LogP) is 1.65. The molecule has 0 aliphatic carbocycles. The summed E-state index contributed by atoms with van der Waals surface area (Å²) in [5, 5.41) is -0.404. The molecule has 0 aliphatic rings. The van der Waals surface area contributed by atoms with E-state index in [0.717, 1.165) is 12.8 Å². The van der Waals surface area contributed by atoms with Gasteiger partial charge in [-0.3, -0.25) is 0 Å². The molecule has 0 aliphatic heterocycles. The van der Waals surface area contributed by atoms with E-state index in [1.165, 1.54) is 57.6 Å². The Labute approximate surface area is 157 Å². The van der Waals surface area contributed by atoms with Gasteiger partial charge in [0.05, 0.1) is 6.26 Å². The summed E-state index contributed by atoms with van der Waals surface area (Å²) in [6.45, 7) is 2.23. The zero-order valence-electron chi connectivity index (χ0n) is 14.0. The number of unbranched alkanes of at least 4 members (excludes halogenated alkanes) is 9. The smallest absolute Gasteiger partial charge is 0.742 e. The maximum absolute atomic E-state index is 10.9. The van der Waals surface area contributed by atoms with Gasteiger partial charge in [0.25, 0.3) is 0 Å². The third-order valence-electron chi connectivity index (χ3n) is 3.73. The quantitative estimate of drug-likeness (QED) is 0.330. The second-order valence-corrected chi connectivity index (χ2v) is 6.90. The third kappa shape index (κ3) is 9.36. The molecule has 6 heteroatoms. The monoisotopic (exact) mass is 338 g/mol. The molecule has 0 radical (unpaired) electrons. The second kappa shape index (κ2) is 12.6. The molecule has 0 atom stereocenters. The van der Waals surface area contributed by atoms with Crippen molar-refractivity contribution >= 4 is 10.1 Å². The number of furan rings is 1. The normalized spacial score (nSPS) is 11.4. The van der Waals surface area contributed by atoms with Crippen LogP contribution in [0.25, 0.3) is 0 Å². The van der Waals surface area contributed by atoms with E-state index in [0.29, 0.717) is 12.0 Å². The molecule has 1 heterocycles. The summed E-state index contributed by atoms with van der Waals surface area (Å²) >= 11 is 0. The summed E-state index contributed by atoms with van der Waals surface area (Å²) in [5.41, 5.74) is 0.518. The van der Waals surface area contributed by atoms with Gasteiger partial charge in [-0.2, -0.15) is 0 Å². The van der Waals surface area contributed by atoms with Crippen LogP contribution in [0.2, 0.25) is 0 Å². The summed E-state index contributed by atoms with van der Waals surface area (Å²) in [5.74, 6) is 0. The third-order valence-corrected chi connectivity index (χ3v) is 4.55. The number of rotatable bonds is 12. The van der Waals surface area contributed by atoms with E-state index in [4.69, 9.17) is 4.42 Å². The van der Waals surface area contributed by atoms with Crippen molar-refractivity contribution in [3.05, 3.63) is 17.9 Å². The molecule has 1 rings (SSSR count). The zero-order chi connectivity index (χ0) is 15.6. The van der Waals surface area contributed by atoms with Crippen LogP contribution in [0, 0.1) is 0 Å². The van der Waals surface area contributed by atoms with Crippen LogP contribution in [0.3, 0.4) is 0 Å². The number of hydrogen-bond donors (Lipinski definition) is 0. The van der Waals surface area contributed by atoms with Gasteiger partial charge in [0.15, 0.2) is 10.1 Å². The maximum atomic E-state index is 10.9. The van der Waals surface area contributed by atoms with Crippen molar-refractivity contribution in [2.24, 2.45) is 0 Å². The maximum Gasteiger partial charge on any atom is 1.00 e. The van der Waals surface area contributed by atoms with Gasteiger partial charge in [-0.15, -0.1) is 0 Å². The molecule has 0 amide bonds. The minimum atomic E-state index is -4.47. The van der Waals surface area contributed by atoms with Crippen LogP contribution in [0.15, 0.2) is 21.8 Å². The minimum Gasteiger partial charge on any atom is -0.742 e. The Hall–Kier alpha value is 0.190. The fraction of sp³-hybridized carbons (Fsp3) is 0.750. The Morgan fingerprint density at radius 1 is 0.955 bits per heavy atom. The van der Waals surface area contributed by atoms with Crippen LogP contribution in [0.1, 0.15) is 76.7 Å². The van der Waals surface area contributed by atoms with Crippen LogP contribution in [-0.4, -0.2) is 13.0 Å². The summed E-state index contributed by atoms with van der Waals surface area (Å²) in [6, 6.07) is 1.58. The molecular weight excluding hydrogens is 311 g/mol. The van der Waals surface area contributed by atoms with Crippen molar-refractivity contribution in [1.82, 2.24) is 0 Å². The first kappa shape index (κ1) is 22.2. The van der Waals surface area contributed by atoms with Gasteiger partial charge in [-0.25, -0.2) is 8.42 Å². The van der Waals surface area contributed by atoms with Crippen molar-refractivity contribution in [1.29, 1.82) is 0 Å². The van der Waals surface area contributed by atoms with Crippen LogP contribution in [0.4, 0.5) is 0 Å². The Morgan fingerprint density at radius 2 is 1.45 bits per heavy atom. The molecule has 0 unspecified atom stereocenters. The zero-order valence-corrected chi connectivity index (χ0v) is 16.8. The summed E-state index contributed by atoms with van der Waals surface area (Å²) in [6.07, 6.45) is 14.2. The summed E-state index contributed by atoms with van der Waals surface area (Å²) in [7, 11) is -4.47. The molecule has 4 nitrogen and oxygen atoms in total. The molecule has 1 aromatic rings. The standard InChI is InChI=1S/C16H28O4S.Na/c1-2-3-4-5-6-7-8-9-10-11-12-15-13-14-20-16(15)21(17,18)19;/h13-14H,2-12H2,1H3,(H,17,18,19);/q;+1/p-1. The van der Waals surface area contributed by atoms with Gasteiger partial charge in [0.1, 0.15) is 0 Å². The van der Waals surface area contributed by atoms with Crippen molar-refractivity contribution in [3.8, 4) is 0 Å². The Bertz CT molecular complexity index is 482. The van der Waals surface area contributed by atoms with E-state index in [1.807, 2.05) is 0 Å². The van der Waals surface area contributed by atoms with Crippen molar-refractivity contribution in [2.75, 3.05) is 0 Å². The van der Waals surface area contributed by atoms with E-state index >= 15 is 0 Å². The molecular formula is C16H27NaO4S. The summed E-state index contributed by atoms with van der Waals surface area (Å²) < 4.78 is 37.6. The fourth-order valence-corrected chi connectivity index (χ4v) is 3.19. The van der Waals surface area contributed by atoms with Crippen molar-refractivity contribution < 1.29 is 46.9 Å². The molecule has 122 valence electrons. The fourth-order valence-electron chi connectivity index (χ4n) is 2.53. The first-order chi connectivity index (χ1) is 10.1. The number of hydrogen-bond acceptors (Lipinski definition) is 4. The molecule has 0 saturated heterocycles. The van der Waals surface area contributed by atoms with Gasteiger partial charge in [0, 0.05) is 5.56 Å². The van der Waals surface area contributed by atoms with Gasteiger partial charge in [-0.1, -0.05) is 64.7 Å². The second-order valence-electron chi connectivity index (χ2n) is 5.62. The van der Waals surface area contributed by atoms with E-state index in [-0.39, 0.29) is 29.6 Å². The Morgan fingerprint density at radius 3 is 1.95 bits per heavy atom. The van der Waals surface area contributed by atoms with Gasteiger partial charge in [-0.05, 0) is 18.9 Å². The van der Waals surface area contributed by atoms with E-state index in [2.05, 4.69) is 6.92 Å². The van der Waals surface area contributed by atoms with Gasteiger partial charge >= 0.3 is 29.6 Å². The molecule has 0 spiro atoms. The van der Waals surface area contributed by atoms with Crippen molar-refractivity contribution in [2.45, 2.75) is 82.6 Å². The Kier molecular flexibility index (Phi) is 12.7. The van der Waals surface area contributed by atoms with Gasteiger partial charge in [0.2, 0.25) is 5.09 Å². The molecule has 0 fully saturated rings. The molecule has 22 heavy (non-hydrogen) atoms. The SMILES string of the molecule is CCCCCCCCCCCCc1ccoc1S(=O)(=O)[O-].[Na+]. The largest absolute Gasteiger partial charge is 1.00 e. The number of aryl methyl sites for hydroxylation is 1. The van der Waals surface area contributed by atoms with Crippen LogP contribution < -0.4 is 29.6 Å². The predicted molar refractivity (Wildman–Crippen MR) is 82.2 cm³/mol. The Balaban J connectivity index is 0.00000441. The molecule has 0 bridgehead atoms. The van der Waals surface area contributed by atoms with E-state index in [1.54, 1.807) is 6.07 Å². The first-order valence-electron chi connectivity index (χ1n) is 8.08. The first-order valence-corrected chi connectivity index (χ1v) is 9.48. The average molecular weight is 338 g/mol. The van der Waals surface area contributed by atoms with Crippen LogP contribution in [-0.2, 0) is 16.5 Å². The van der Waals surface area contributed by atoms with Gasteiger partial charge < -0.3 is 8.97 Å². The van der Waals surface area contributed by atoms with E-state index in [9.17, 15) is 13.0 Å². The van der Waals surface area contributed by atoms with Crippen molar-refractivity contribution in [3.63, 3.8) is 0 Å². The molecule has 0 aromatic carbocycles. The van der Waals surface area contributed by atoms with Crippen LogP contribution in [0.5, 0.6) is 0 Å². The molecule has 0 saturated carbocycles. The summed E-state index contributed by atoms with van der Waals surface area (Å²) in [4.78, 5) is 0. The molecule has 0 N–H and O–H groups in total. The van der Waals surface area contributed by atoms with Crippen LogP contribution >= 0.6 is 0 Å². The topological polar surface area (TPSA) is 70.3 Å². The minimum absolute atomic E-state index is 0.